The van der Waals surface area contributed by atoms with Crippen LogP contribution in [-0.4, -0.2) is 37.7 Å². The van der Waals surface area contributed by atoms with E-state index in [2.05, 4.69) is 11.8 Å². The highest BCUT2D eigenvalue weighted by Crippen LogP contribution is 2.17. The van der Waals surface area contributed by atoms with Crippen LogP contribution in [0.3, 0.4) is 0 Å². The minimum atomic E-state index is -0.252. The van der Waals surface area contributed by atoms with Gasteiger partial charge in [-0.1, -0.05) is 0 Å². The van der Waals surface area contributed by atoms with Crippen LogP contribution < -0.4 is 10.5 Å². The molecular formula is C13H21FN2O. The molecule has 0 aliphatic carbocycles. The van der Waals surface area contributed by atoms with Crippen LogP contribution in [-0.2, 0) is 0 Å². The molecule has 0 saturated carbocycles. The van der Waals surface area contributed by atoms with Gasteiger partial charge in [0.25, 0.3) is 0 Å². The van der Waals surface area contributed by atoms with Gasteiger partial charge >= 0.3 is 0 Å². The smallest absolute Gasteiger partial charge is 0.123 e. The number of halogens is 1. The molecule has 0 saturated heterocycles. The van der Waals surface area contributed by atoms with Gasteiger partial charge in [-0.05, 0) is 45.3 Å². The zero-order chi connectivity index (χ0) is 12.9. The maximum Gasteiger partial charge on any atom is 0.123 e. The molecule has 2 N–H and O–H groups in total. The van der Waals surface area contributed by atoms with E-state index in [0.717, 1.165) is 6.42 Å². The van der Waals surface area contributed by atoms with Crippen LogP contribution in [0, 0.1) is 5.82 Å². The van der Waals surface area contributed by atoms with Gasteiger partial charge in [-0.25, -0.2) is 4.39 Å². The van der Waals surface area contributed by atoms with Gasteiger partial charge < -0.3 is 15.4 Å². The van der Waals surface area contributed by atoms with E-state index in [0.29, 0.717) is 18.9 Å². The Morgan fingerprint density at radius 3 is 2.35 bits per heavy atom. The molecule has 1 atom stereocenters. The molecule has 1 unspecified atom stereocenters. The van der Waals surface area contributed by atoms with Crippen LogP contribution in [0.25, 0.3) is 0 Å². The summed E-state index contributed by atoms with van der Waals surface area (Å²) in [6, 6.07) is 6.04. The highest BCUT2D eigenvalue weighted by molar-refractivity contribution is 5.22. The molecule has 96 valence electrons. The first-order valence-electron chi connectivity index (χ1n) is 5.74. The number of ether oxygens (including phenoxy) is 1. The monoisotopic (exact) mass is 240 g/mol. The normalized spacial score (nSPS) is 14.7. The second-order valence-corrected chi connectivity index (χ2v) is 4.65. The lowest BCUT2D eigenvalue weighted by Gasteiger charge is -2.35. The molecule has 4 heteroatoms. The van der Waals surface area contributed by atoms with Crippen molar-refractivity contribution >= 4 is 0 Å². The molecule has 3 nitrogen and oxygen atoms in total. The molecule has 0 heterocycles. The third-order valence-corrected chi connectivity index (χ3v) is 3.24. The minimum absolute atomic E-state index is 0.0694. The Morgan fingerprint density at radius 2 is 1.88 bits per heavy atom. The van der Waals surface area contributed by atoms with Crippen molar-refractivity contribution in [2.24, 2.45) is 5.73 Å². The van der Waals surface area contributed by atoms with Crippen LogP contribution in [0.5, 0.6) is 5.75 Å². The molecule has 0 aliphatic rings. The Morgan fingerprint density at radius 1 is 1.29 bits per heavy atom. The largest absolute Gasteiger partial charge is 0.494 e. The standard InChI is InChI=1S/C13H21FN2O/c1-13(10-15,16(2)3)8-9-17-12-6-4-11(14)5-7-12/h4-7H,8-10,15H2,1-3H3. The Hall–Kier alpha value is -1.13. The van der Waals surface area contributed by atoms with E-state index < -0.39 is 0 Å². The number of hydrogen-bond acceptors (Lipinski definition) is 3. The summed E-state index contributed by atoms with van der Waals surface area (Å²) in [5.74, 6) is 0.432. The first kappa shape index (κ1) is 13.9. The maximum absolute atomic E-state index is 12.7. The second kappa shape index (κ2) is 5.98. The van der Waals surface area contributed by atoms with E-state index in [9.17, 15) is 4.39 Å². The predicted octanol–water partition coefficient (Wildman–Crippen LogP) is 1.87. The summed E-state index contributed by atoms with van der Waals surface area (Å²) < 4.78 is 18.2. The molecule has 0 bridgehead atoms. The quantitative estimate of drug-likeness (QED) is 0.825. The first-order chi connectivity index (χ1) is 7.98. The summed E-state index contributed by atoms with van der Waals surface area (Å²) >= 11 is 0. The maximum atomic E-state index is 12.7. The van der Waals surface area contributed by atoms with E-state index in [4.69, 9.17) is 10.5 Å². The van der Waals surface area contributed by atoms with Crippen molar-refractivity contribution in [3.63, 3.8) is 0 Å². The predicted molar refractivity (Wildman–Crippen MR) is 67.7 cm³/mol. The molecular weight excluding hydrogens is 219 g/mol. The van der Waals surface area contributed by atoms with Crippen molar-refractivity contribution in [2.75, 3.05) is 27.2 Å². The van der Waals surface area contributed by atoms with Crippen molar-refractivity contribution in [2.45, 2.75) is 18.9 Å². The molecule has 0 spiro atoms. The summed E-state index contributed by atoms with van der Waals surface area (Å²) in [6.45, 7) is 3.24. The van der Waals surface area contributed by atoms with Crippen LogP contribution >= 0.6 is 0 Å². The summed E-state index contributed by atoms with van der Waals surface area (Å²) in [4.78, 5) is 2.10. The van der Waals surface area contributed by atoms with Crippen LogP contribution in [0.4, 0.5) is 4.39 Å². The van der Waals surface area contributed by atoms with Crippen LogP contribution in [0.15, 0.2) is 24.3 Å². The van der Waals surface area contributed by atoms with Gasteiger partial charge in [0.2, 0.25) is 0 Å². The van der Waals surface area contributed by atoms with E-state index in [-0.39, 0.29) is 11.4 Å². The summed E-state index contributed by atoms with van der Waals surface area (Å²) in [5, 5.41) is 0. The Labute approximate surface area is 102 Å². The zero-order valence-electron chi connectivity index (χ0n) is 10.7. The van der Waals surface area contributed by atoms with Gasteiger partial charge in [0, 0.05) is 18.5 Å². The van der Waals surface area contributed by atoms with Crippen LogP contribution in [0.1, 0.15) is 13.3 Å². The average Bonchev–Trinajstić information content (AvgIpc) is 2.31. The lowest BCUT2D eigenvalue weighted by molar-refractivity contribution is 0.139. The first-order valence-corrected chi connectivity index (χ1v) is 5.74. The average molecular weight is 240 g/mol. The molecule has 0 fully saturated rings. The lowest BCUT2D eigenvalue weighted by atomic mass is 9.97. The van der Waals surface area contributed by atoms with Crippen molar-refractivity contribution in [1.82, 2.24) is 4.90 Å². The Kier molecular flexibility index (Phi) is 4.90. The molecule has 0 amide bonds. The van der Waals surface area contributed by atoms with E-state index in [1.807, 2.05) is 14.1 Å². The van der Waals surface area contributed by atoms with Crippen molar-refractivity contribution in [1.29, 1.82) is 0 Å². The van der Waals surface area contributed by atoms with Gasteiger partial charge in [0.1, 0.15) is 11.6 Å². The third-order valence-electron chi connectivity index (χ3n) is 3.24. The topological polar surface area (TPSA) is 38.5 Å². The Balaban J connectivity index is 2.44. The second-order valence-electron chi connectivity index (χ2n) is 4.65. The molecule has 0 aliphatic heterocycles. The van der Waals surface area contributed by atoms with Crippen molar-refractivity contribution in [3.05, 3.63) is 30.1 Å². The summed E-state index contributed by atoms with van der Waals surface area (Å²) in [7, 11) is 4.01. The fraction of sp³-hybridized carbons (Fsp3) is 0.538. The Bertz CT molecular complexity index is 340. The fourth-order valence-electron chi connectivity index (χ4n) is 1.43. The van der Waals surface area contributed by atoms with Crippen molar-refractivity contribution in [3.8, 4) is 5.75 Å². The number of nitrogens with zero attached hydrogens (tertiary/aromatic N) is 1. The number of nitrogens with two attached hydrogens (primary N) is 1. The van der Waals surface area contributed by atoms with Gasteiger partial charge in [0.05, 0.1) is 6.61 Å². The zero-order valence-corrected chi connectivity index (χ0v) is 10.7. The molecule has 17 heavy (non-hydrogen) atoms. The third kappa shape index (κ3) is 3.98. The van der Waals surface area contributed by atoms with E-state index in [1.165, 1.54) is 12.1 Å². The summed E-state index contributed by atoms with van der Waals surface area (Å²) in [6.07, 6.45) is 0.827. The van der Waals surface area contributed by atoms with Crippen LogP contribution in [0.2, 0.25) is 0 Å². The molecule has 1 aromatic carbocycles. The van der Waals surface area contributed by atoms with Crippen molar-refractivity contribution < 1.29 is 9.13 Å². The molecule has 0 aromatic heterocycles. The van der Waals surface area contributed by atoms with Gasteiger partial charge in [-0.2, -0.15) is 0 Å². The minimum Gasteiger partial charge on any atom is -0.494 e. The fourth-order valence-corrected chi connectivity index (χ4v) is 1.43. The highest BCUT2D eigenvalue weighted by Gasteiger charge is 2.24. The molecule has 0 radical (unpaired) electrons. The number of hydrogen-bond donors (Lipinski definition) is 1. The van der Waals surface area contributed by atoms with Gasteiger partial charge in [-0.15, -0.1) is 0 Å². The number of benzene rings is 1. The number of likely N-dealkylation sites (N-methyl/N-ethyl adjacent to an activating group) is 1. The SMILES string of the molecule is CN(C)C(C)(CN)CCOc1ccc(F)cc1. The molecule has 1 aromatic rings. The van der Waals surface area contributed by atoms with E-state index >= 15 is 0 Å². The molecule has 1 rings (SSSR count). The van der Waals surface area contributed by atoms with Gasteiger partial charge in [-0.3, -0.25) is 0 Å². The highest BCUT2D eigenvalue weighted by atomic mass is 19.1. The summed E-state index contributed by atoms with van der Waals surface area (Å²) in [5.41, 5.74) is 5.69. The lowest BCUT2D eigenvalue weighted by Crippen LogP contribution is -2.48. The van der Waals surface area contributed by atoms with Gasteiger partial charge in [0.15, 0.2) is 0 Å². The van der Waals surface area contributed by atoms with E-state index in [1.54, 1.807) is 12.1 Å². The number of rotatable bonds is 6.